The molecule has 7 heteroatoms. The molecule has 1 aliphatic heterocycles. The molecular formula is C23H32Cl2N4O. The van der Waals surface area contributed by atoms with E-state index >= 15 is 0 Å². The Morgan fingerprint density at radius 1 is 1.03 bits per heavy atom. The normalized spacial score (nSPS) is 18.5. The van der Waals surface area contributed by atoms with E-state index in [2.05, 4.69) is 57.6 Å². The van der Waals surface area contributed by atoms with Crippen molar-refractivity contribution in [1.82, 2.24) is 10.2 Å². The van der Waals surface area contributed by atoms with Gasteiger partial charge in [-0.1, -0.05) is 24.3 Å². The van der Waals surface area contributed by atoms with E-state index in [0.29, 0.717) is 6.42 Å². The first-order chi connectivity index (χ1) is 13.7. The van der Waals surface area contributed by atoms with Crippen LogP contribution in [0.4, 0.5) is 11.4 Å². The van der Waals surface area contributed by atoms with Crippen LogP contribution < -0.4 is 16.0 Å². The van der Waals surface area contributed by atoms with Crippen molar-refractivity contribution in [1.29, 1.82) is 0 Å². The summed E-state index contributed by atoms with van der Waals surface area (Å²) in [6, 6.07) is 16.8. The zero-order valence-corrected chi connectivity index (χ0v) is 18.9. The van der Waals surface area contributed by atoms with Gasteiger partial charge in [-0.15, -0.1) is 24.8 Å². The number of hydrogen-bond donors (Lipinski definition) is 2. The fourth-order valence-electron chi connectivity index (χ4n) is 4.38. The second-order valence-corrected chi connectivity index (χ2v) is 7.88. The monoisotopic (exact) mass is 450 g/mol. The number of piperazine rings is 1. The molecule has 1 heterocycles. The number of rotatable bonds is 5. The molecule has 1 unspecified atom stereocenters. The highest BCUT2D eigenvalue weighted by molar-refractivity contribution is 5.85. The lowest BCUT2D eigenvalue weighted by atomic mass is 9.87. The predicted octanol–water partition coefficient (Wildman–Crippen LogP) is 3.82. The lowest BCUT2D eigenvalue weighted by Crippen LogP contribution is -2.47. The summed E-state index contributed by atoms with van der Waals surface area (Å²) in [5, 5.41) is 3.25. The first-order valence-electron chi connectivity index (χ1n) is 10.4. The molecule has 2 aliphatic rings. The van der Waals surface area contributed by atoms with Crippen LogP contribution in [0.5, 0.6) is 0 Å². The van der Waals surface area contributed by atoms with Gasteiger partial charge in [-0.05, 0) is 54.7 Å². The largest absolute Gasteiger partial charge is 0.399 e. The Bertz CT molecular complexity index is 810. The molecule has 1 saturated heterocycles. The number of nitrogens with two attached hydrogens (primary N) is 1. The molecule has 0 spiro atoms. The number of nitrogen functional groups attached to an aromatic ring is 1. The maximum absolute atomic E-state index is 12.5. The minimum absolute atomic E-state index is 0. The summed E-state index contributed by atoms with van der Waals surface area (Å²) in [6.07, 6.45) is 3.73. The van der Waals surface area contributed by atoms with Crippen LogP contribution in [-0.4, -0.2) is 43.5 Å². The molecular weight excluding hydrogens is 419 g/mol. The number of aryl methyl sites for hydroxylation is 1. The van der Waals surface area contributed by atoms with Crippen molar-refractivity contribution in [2.75, 3.05) is 43.4 Å². The van der Waals surface area contributed by atoms with Gasteiger partial charge >= 0.3 is 0 Å². The Balaban J connectivity index is 0.00000160. The van der Waals surface area contributed by atoms with Crippen LogP contribution >= 0.6 is 24.8 Å². The van der Waals surface area contributed by atoms with Crippen LogP contribution in [0.25, 0.3) is 0 Å². The number of fused-ring (bicyclic) bond motifs is 1. The number of para-hydroxylation sites is 1. The zero-order valence-electron chi connectivity index (χ0n) is 17.3. The lowest BCUT2D eigenvalue weighted by molar-refractivity contribution is -0.122. The molecule has 5 nitrogen and oxygen atoms in total. The highest BCUT2D eigenvalue weighted by Crippen LogP contribution is 2.31. The predicted molar refractivity (Wildman–Crippen MR) is 129 cm³/mol. The smallest absolute Gasteiger partial charge is 0.221 e. The zero-order chi connectivity index (χ0) is 19.3. The number of carbonyl (C=O) groups excluding carboxylic acids is 1. The molecule has 0 saturated carbocycles. The molecule has 1 atom stereocenters. The van der Waals surface area contributed by atoms with Crippen molar-refractivity contribution in [3.05, 3.63) is 59.7 Å². The summed E-state index contributed by atoms with van der Waals surface area (Å²) in [5.74, 6) is 0.153. The third-order valence-electron chi connectivity index (χ3n) is 5.97. The molecule has 3 N–H and O–H groups in total. The van der Waals surface area contributed by atoms with Gasteiger partial charge in [0.15, 0.2) is 0 Å². The topological polar surface area (TPSA) is 61.6 Å². The molecule has 30 heavy (non-hydrogen) atoms. The van der Waals surface area contributed by atoms with E-state index in [1.54, 1.807) is 0 Å². The molecule has 2 aromatic carbocycles. The number of halogens is 2. The van der Waals surface area contributed by atoms with Crippen molar-refractivity contribution in [2.24, 2.45) is 0 Å². The Labute approximate surface area is 191 Å². The molecule has 1 fully saturated rings. The number of anilines is 2. The molecule has 2 aromatic rings. The van der Waals surface area contributed by atoms with Crippen LogP contribution in [-0.2, 0) is 11.2 Å². The van der Waals surface area contributed by atoms with Crippen LogP contribution in [0, 0.1) is 0 Å². The Hall–Kier alpha value is -1.95. The molecule has 1 aliphatic carbocycles. The first-order valence-corrected chi connectivity index (χ1v) is 10.4. The standard InChI is InChI=1S/C23H30N4O.2ClH/c24-19-9-10-21-18(17-19)5-4-8-22(21)25-23(28)11-12-26-13-15-27(16-14-26)20-6-2-1-3-7-20;;/h1-3,6-7,9-10,17,22H,4-5,8,11-16,24H2,(H,25,28);2*1H. The van der Waals surface area contributed by atoms with Gasteiger partial charge in [0.2, 0.25) is 5.91 Å². The number of nitrogens with one attached hydrogen (secondary N) is 1. The van der Waals surface area contributed by atoms with E-state index in [0.717, 1.165) is 57.7 Å². The number of amides is 1. The summed E-state index contributed by atoms with van der Waals surface area (Å²) in [5.41, 5.74) is 10.5. The summed E-state index contributed by atoms with van der Waals surface area (Å²) < 4.78 is 0. The summed E-state index contributed by atoms with van der Waals surface area (Å²) in [7, 11) is 0. The van der Waals surface area contributed by atoms with E-state index in [1.807, 2.05) is 6.07 Å². The second-order valence-electron chi connectivity index (χ2n) is 7.88. The van der Waals surface area contributed by atoms with Crippen LogP contribution in [0.1, 0.15) is 36.4 Å². The number of hydrogen-bond acceptors (Lipinski definition) is 4. The van der Waals surface area contributed by atoms with Crippen molar-refractivity contribution in [3.8, 4) is 0 Å². The highest BCUT2D eigenvalue weighted by Gasteiger charge is 2.23. The Kier molecular flexibility index (Phi) is 9.28. The van der Waals surface area contributed by atoms with E-state index in [-0.39, 0.29) is 36.8 Å². The minimum atomic E-state index is 0. The third kappa shape index (κ3) is 6.03. The Morgan fingerprint density at radius 3 is 2.50 bits per heavy atom. The van der Waals surface area contributed by atoms with Gasteiger partial charge in [0.05, 0.1) is 6.04 Å². The average Bonchev–Trinajstić information content (AvgIpc) is 2.73. The number of benzene rings is 2. The van der Waals surface area contributed by atoms with E-state index < -0.39 is 0 Å². The van der Waals surface area contributed by atoms with Crippen LogP contribution in [0.2, 0.25) is 0 Å². The van der Waals surface area contributed by atoms with Gasteiger partial charge in [0.25, 0.3) is 0 Å². The number of nitrogens with zero attached hydrogens (tertiary/aromatic N) is 2. The van der Waals surface area contributed by atoms with Crippen LogP contribution in [0.3, 0.4) is 0 Å². The summed E-state index contributed by atoms with van der Waals surface area (Å²) in [6.45, 7) is 4.88. The van der Waals surface area contributed by atoms with Crippen molar-refractivity contribution >= 4 is 42.1 Å². The molecule has 0 aromatic heterocycles. The fraction of sp³-hybridized carbons (Fsp3) is 0.435. The highest BCUT2D eigenvalue weighted by atomic mass is 35.5. The first kappa shape index (κ1) is 24.3. The van der Waals surface area contributed by atoms with Gasteiger partial charge in [0, 0.05) is 50.5 Å². The van der Waals surface area contributed by atoms with Crippen molar-refractivity contribution in [3.63, 3.8) is 0 Å². The summed E-state index contributed by atoms with van der Waals surface area (Å²) >= 11 is 0. The molecule has 1 amide bonds. The van der Waals surface area contributed by atoms with E-state index in [1.165, 1.54) is 16.8 Å². The molecule has 0 radical (unpaired) electrons. The van der Waals surface area contributed by atoms with Crippen LogP contribution in [0.15, 0.2) is 48.5 Å². The maximum atomic E-state index is 12.5. The number of carbonyl (C=O) groups is 1. The second kappa shape index (κ2) is 11.4. The maximum Gasteiger partial charge on any atom is 0.221 e. The molecule has 0 bridgehead atoms. The average molecular weight is 451 g/mol. The fourth-order valence-corrected chi connectivity index (χ4v) is 4.38. The van der Waals surface area contributed by atoms with E-state index in [9.17, 15) is 4.79 Å². The van der Waals surface area contributed by atoms with Crippen molar-refractivity contribution < 1.29 is 4.79 Å². The quantitative estimate of drug-likeness (QED) is 0.679. The Morgan fingerprint density at radius 2 is 1.77 bits per heavy atom. The SMILES string of the molecule is Cl.Cl.Nc1ccc2c(c1)CCCC2NC(=O)CCN1CCN(c2ccccc2)CC1. The van der Waals surface area contributed by atoms with Crippen molar-refractivity contribution in [2.45, 2.75) is 31.7 Å². The van der Waals surface area contributed by atoms with Gasteiger partial charge in [-0.25, -0.2) is 0 Å². The summed E-state index contributed by atoms with van der Waals surface area (Å²) in [4.78, 5) is 17.4. The molecule has 4 rings (SSSR count). The van der Waals surface area contributed by atoms with E-state index in [4.69, 9.17) is 5.73 Å². The minimum Gasteiger partial charge on any atom is -0.399 e. The van der Waals surface area contributed by atoms with Gasteiger partial charge in [-0.3, -0.25) is 9.69 Å². The van der Waals surface area contributed by atoms with Gasteiger partial charge in [-0.2, -0.15) is 0 Å². The lowest BCUT2D eigenvalue weighted by Gasteiger charge is -2.36. The van der Waals surface area contributed by atoms with Gasteiger partial charge in [0.1, 0.15) is 0 Å². The van der Waals surface area contributed by atoms with Gasteiger partial charge < -0.3 is 16.0 Å². The third-order valence-corrected chi connectivity index (χ3v) is 5.97. The molecule has 164 valence electrons.